The van der Waals surface area contributed by atoms with Crippen LogP contribution in [-0.4, -0.2) is 10.8 Å². The monoisotopic (exact) mass is 283 g/mol. The quantitative estimate of drug-likeness (QED) is 0.799. The Labute approximate surface area is 113 Å². The van der Waals surface area contributed by atoms with Crippen molar-refractivity contribution < 1.29 is 9.18 Å². The summed E-state index contributed by atoms with van der Waals surface area (Å²) in [7, 11) is 0. The van der Waals surface area contributed by atoms with Gasteiger partial charge in [-0.1, -0.05) is 29.3 Å². The fourth-order valence-corrected chi connectivity index (χ4v) is 1.90. The molecule has 0 amide bonds. The molecule has 0 N–H and O–H groups in total. The van der Waals surface area contributed by atoms with E-state index in [0.717, 1.165) is 0 Å². The lowest BCUT2D eigenvalue weighted by Gasteiger charge is -2.05. The Hall–Kier alpha value is -1.45. The summed E-state index contributed by atoms with van der Waals surface area (Å²) < 4.78 is 13.7. The van der Waals surface area contributed by atoms with E-state index in [0.29, 0.717) is 10.6 Å². The van der Waals surface area contributed by atoms with Crippen LogP contribution >= 0.6 is 23.2 Å². The average Bonchev–Trinajstić information content (AvgIpc) is 2.35. The molecular formula is C13H8Cl2FNO. The molecule has 18 heavy (non-hydrogen) atoms. The van der Waals surface area contributed by atoms with Gasteiger partial charge in [-0.05, 0) is 23.8 Å². The molecule has 0 fully saturated rings. The molecule has 0 bridgehead atoms. The molecule has 92 valence electrons. The Morgan fingerprint density at radius 3 is 2.72 bits per heavy atom. The molecule has 0 aliphatic rings. The highest BCUT2D eigenvalue weighted by Gasteiger charge is 2.15. The second-order valence-electron chi connectivity index (χ2n) is 3.67. The van der Waals surface area contributed by atoms with Gasteiger partial charge in [0.25, 0.3) is 0 Å². The number of hydrogen-bond acceptors (Lipinski definition) is 2. The topological polar surface area (TPSA) is 30.0 Å². The van der Waals surface area contributed by atoms with Crippen LogP contribution in [0, 0.1) is 5.82 Å². The molecule has 0 saturated heterocycles. The number of rotatable bonds is 3. The van der Waals surface area contributed by atoms with Crippen molar-refractivity contribution in [2.24, 2.45) is 0 Å². The molecule has 0 aliphatic carbocycles. The van der Waals surface area contributed by atoms with Gasteiger partial charge in [-0.3, -0.25) is 9.78 Å². The maximum absolute atomic E-state index is 13.7. The van der Waals surface area contributed by atoms with E-state index < -0.39 is 5.82 Å². The van der Waals surface area contributed by atoms with Crippen LogP contribution in [0.3, 0.4) is 0 Å². The zero-order valence-corrected chi connectivity index (χ0v) is 10.7. The predicted molar refractivity (Wildman–Crippen MR) is 68.7 cm³/mol. The van der Waals surface area contributed by atoms with Gasteiger partial charge >= 0.3 is 0 Å². The van der Waals surface area contributed by atoms with E-state index in [-0.39, 0.29) is 22.8 Å². The number of ketones is 1. The largest absolute Gasteiger partial charge is 0.294 e. The smallest absolute Gasteiger partial charge is 0.170 e. The molecule has 5 heteroatoms. The van der Waals surface area contributed by atoms with E-state index in [2.05, 4.69) is 4.98 Å². The SMILES string of the molecule is O=C(Cc1ccncc1Cl)c1cccc(Cl)c1F. The van der Waals surface area contributed by atoms with Crippen LogP contribution in [0.5, 0.6) is 0 Å². The van der Waals surface area contributed by atoms with Crippen LogP contribution in [0.1, 0.15) is 15.9 Å². The van der Waals surface area contributed by atoms with Gasteiger partial charge in [0.2, 0.25) is 0 Å². The van der Waals surface area contributed by atoms with Crippen molar-refractivity contribution in [2.45, 2.75) is 6.42 Å². The number of carbonyl (C=O) groups excluding carboxylic acids is 1. The van der Waals surface area contributed by atoms with Crippen LogP contribution in [-0.2, 0) is 6.42 Å². The molecular weight excluding hydrogens is 276 g/mol. The summed E-state index contributed by atoms with van der Waals surface area (Å²) in [5.74, 6) is -1.07. The molecule has 0 spiro atoms. The molecule has 0 aliphatic heterocycles. The standard InChI is InChI=1S/C13H8Cl2FNO/c14-10-3-1-2-9(13(10)16)12(18)6-8-4-5-17-7-11(8)15/h1-5,7H,6H2. The molecule has 0 unspecified atom stereocenters. The predicted octanol–water partition coefficient (Wildman–Crippen LogP) is 3.95. The molecule has 2 nitrogen and oxygen atoms in total. The van der Waals surface area contributed by atoms with Crippen LogP contribution < -0.4 is 0 Å². The van der Waals surface area contributed by atoms with Crippen molar-refractivity contribution in [1.82, 2.24) is 4.98 Å². The maximum Gasteiger partial charge on any atom is 0.170 e. The Morgan fingerprint density at radius 1 is 1.22 bits per heavy atom. The molecule has 0 atom stereocenters. The van der Waals surface area contributed by atoms with Gasteiger partial charge in [0.1, 0.15) is 0 Å². The first-order chi connectivity index (χ1) is 8.59. The minimum Gasteiger partial charge on any atom is -0.294 e. The van der Waals surface area contributed by atoms with Gasteiger partial charge in [-0.25, -0.2) is 4.39 Å². The van der Waals surface area contributed by atoms with Crippen molar-refractivity contribution in [3.63, 3.8) is 0 Å². The third-order valence-electron chi connectivity index (χ3n) is 2.46. The summed E-state index contributed by atoms with van der Waals surface area (Å²) in [6.45, 7) is 0. The second kappa shape index (κ2) is 5.46. The molecule has 1 heterocycles. The molecule has 2 aromatic rings. The lowest BCUT2D eigenvalue weighted by atomic mass is 10.0. The number of aromatic nitrogens is 1. The number of benzene rings is 1. The fourth-order valence-electron chi connectivity index (χ4n) is 1.53. The Balaban J connectivity index is 2.28. The van der Waals surface area contributed by atoms with Gasteiger partial charge in [0.15, 0.2) is 11.6 Å². The highest BCUT2D eigenvalue weighted by atomic mass is 35.5. The van der Waals surface area contributed by atoms with Crippen LogP contribution in [0.4, 0.5) is 4.39 Å². The lowest BCUT2D eigenvalue weighted by molar-refractivity contribution is 0.0989. The molecule has 1 aromatic carbocycles. The average molecular weight is 284 g/mol. The molecule has 0 saturated carbocycles. The van der Waals surface area contributed by atoms with Gasteiger partial charge in [0, 0.05) is 18.8 Å². The maximum atomic E-state index is 13.7. The fraction of sp³-hybridized carbons (Fsp3) is 0.0769. The van der Waals surface area contributed by atoms with Crippen molar-refractivity contribution in [3.05, 3.63) is 63.6 Å². The lowest BCUT2D eigenvalue weighted by Crippen LogP contribution is -2.07. The van der Waals surface area contributed by atoms with Crippen LogP contribution in [0.25, 0.3) is 0 Å². The minimum atomic E-state index is -0.700. The summed E-state index contributed by atoms with van der Waals surface area (Å²) in [6.07, 6.45) is 2.99. The van der Waals surface area contributed by atoms with E-state index in [1.807, 2.05) is 0 Å². The first-order valence-electron chi connectivity index (χ1n) is 5.15. The Kier molecular flexibility index (Phi) is 3.94. The minimum absolute atomic E-state index is 0.0125. The van der Waals surface area contributed by atoms with E-state index in [1.54, 1.807) is 6.07 Å². The summed E-state index contributed by atoms with van der Waals surface area (Å²) in [5, 5.41) is 0.315. The normalized spacial score (nSPS) is 10.4. The summed E-state index contributed by atoms with van der Waals surface area (Å²) >= 11 is 11.5. The number of carbonyl (C=O) groups is 1. The summed E-state index contributed by atoms with van der Waals surface area (Å²) in [4.78, 5) is 15.8. The molecule has 2 rings (SSSR count). The van der Waals surface area contributed by atoms with Crippen LogP contribution in [0.2, 0.25) is 10.0 Å². The highest BCUT2D eigenvalue weighted by molar-refractivity contribution is 6.32. The Morgan fingerprint density at radius 2 is 2.00 bits per heavy atom. The number of pyridine rings is 1. The third kappa shape index (κ3) is 2.68. The zero-order valence-electron chi connectivity index (χ0n) is 9.16. The second-order valence-corrected chi connectivity index (χ2v) is 4.48. The van der Waals surface area contributed by atoms with E-state index >= 15 is 0 Å². The third-order valence-corrected chi connectivity index (χ3v) is 3.09. The van der Waals surface area contributed by atoms with E-state index in [9.17, 15) is 9.18 Å². The number of nitrogens with zero attached hydrogens (tertiary/aromatic N) is 1. The first kappa shape index (κ1) is 13.0. The van der Waals surface area contributed by atoms with Crippen molar-refractivity contribution in [1.29, 1.82) is 0 Å². The zero-order chi connectivity index (χ0) is 13.1. The van der Waals surface area contributed by atoms with Crippen molar-refractivity contribution in [3.8, 4) is 0 Å². The van der Waals surface area contributed by atoms with Crippen molar-refractivity contribution in [2.75, 3.05) is 0 Å². The highest BCUT2D eigenvalue weighted by Crippen LogP contribution is 2.21. The number of Topliss-reactive ketones (excluding diaryl/α,β-unsaturated/α-hetero) is 1. The number of halogens is 3. The van der Waals surface area contributed by atoms with Crippen LogP contribution in [0.15, 0.2) is 36.7 Å². The summed E-state index contributed by atoms with van der Waals surface area (Å²) in [5.41, 5.74) is 0.575. The van der Waals surface area contributed by atoms with Crippen molar-refractivity contribution >= 4 is 29.0 Å². The first-order valence-corrected chi connectivity index (χ1v) is 5.91. The Bertz CT molecular complexity index is 601. The molecule has 0 radical (unpaired) electrons. The molecule has 1 aromatic heterocycles. The van der Waals surface area contributed by atoms with Gasteiger partial charge in [0.05, 0.1) is 15.6 Å². The van der Waals surface area contributed by atoms with E-state index in [1.165, 1.54) is 30.6 Å². The van der Waals surface area contributed by atoms with E-state index in [4.69, 9.17) is 23.2 Å². The van der Waals surface area contributed by atoms with Gasteiger partial charge in [-0.2, -0.15) is 0 Å². The van der Waals surface area contributed by atoms with Gasteiger partial charge in [-0.15, -0.1) is 0 Å². The number of hydrogen-bond donors (Lipinski definition) is 0. The summed E-state index contributed by atoms with van der Waals surface area (Å²) in [6, 6.07) is 5.96. The van der Waals surface area contributed by atoms with Gasteiger partial charge < -0.3 is 0 Å².